The molecule has 8 nitrogen and oxygen atoms in total. The first-order chi connectivity index (χ1) is 10.5. The zero-order valence-electron chi connectivity index (χ0n) is 14.6. The Bertz CT molecular complexity index is 439. The molecule has 0 radical (unpaired) electrons. The Balaban J connectivity index is 4.25. The smallest absolute Gasteiger partial charge is 0.333 e. The summed E-state index contributed by atoms with van der Waals surface area (Å²) in [5, 5.41) is 0. The van der Waals surface area contributed by atoms with Crippen molar-refractivity contribution in [1.29, 1.82) is 0 Å². The van der Waals surface area contributed by atoms with Crippen molar-refractivity contribution in [3.05, 3.63) is 12.2 Å². The fraction of sp³-hybridized carbons (Fsp3) is 0.786. The normalized spacial score (nSPS) is 15.7. The number of nitrogens with zero attached hydrogens (tertiary/aromatic N) is 1. The van der Waals surface area contributed by atoms with E-state index >= 15 is 0 Å². The van der Waals surface area contributed by atoms with Crippen molar-refractivity contribution in [1.82, 2.24) is 0 Å². The maximum Gasteiger partial charge on any atom is 0.333 e. The van der Waals surface area contributed by atoms with Crippen molar-refractivity contribution in [2.75, 3.05) is 54.2 Å². The minimum absolute atomic E-state index is 0.0325. The zero-order chi connectivity index (χ0) is 18.1. The van der Waals surface area contributed by atoms with Crippen LogP contribution in [0.3, 0.4) is 0 Å². The van der Waals surface area contributed by atoms with Crippen molar-refractivity contribution < 1.29 is 37.3 Å². The molecule has 0 aliphatic carbocycles. The number of phosphoric acid groups is 1. The molecule has 0 aliphatic heterocycles. The first kappa shape index (κ1) is 22.2. The van der Waals surface area contributed by atoms with Gasteiger partial charge in [-0.15, -0.1) is 0 Å². The third-order valence-electron chi connectivity index (χ3n) is 3.45. The predicted molar refractivity (Wildman–Crippen MR) is 83.6 cm³/mol. The lowest BCUT2D eigenvalue weighted by atomic mass is 10.2. The number of hydrogen-bond acceptors (Lipinski definition) is 7. The van der Waals surface area contributed by atoms with Gasteiger partial charge >= 0.3 is 5.97 Å². The SMILES string of the molecule is C=C(C)C(=O)OCC[N+](C)(C)C(C)COP(=O)([O-])OCCOC. The summed E-state index contributed by atoms with van der Waals surface area (Å²) in [5.74, 6) is -0.440. The molecule has 0 saturated heterocycles. The summed E-state index contributed by atoms with van der Waals surface area (Å²) >= 11 is 0. The van der Waals surface area contributed by atoms with Gasteiger partial charge in [-0.2, -0.15) is 0 Å². The van der Waals surface area contributed by atoms with Crippen LogP contribution in [0.15, 0.2) is 12.2 Å². The van der Waals surface area contributed by atoms with Gasteiger partial charge in [0.2, 0.25) is 0 Å². The van der Waals surface area contributed by atoms with Crippen molar-refractivity contribution in [3.8, 4) is 0 Å². The van der Waals surface area contributed by atoms with Gasteiger partial charge in [0.1, 0.15) is 25.8 Å². The zero-order valence-corrected chi connectivity index (χ0v) is 15.5. The molecule has 9 heteroatoms. The second-order valence-electron chi connectivity index (χ2n) is 5.84. The van der Waals surface area contributed by atoms with E-state index < -0.39 is 13.8 Å². The van der Waals surface area contributed by atoms with Gasteiger partial charge in [0.25, 0.3) is 7.82 Å². The topological polar surface area (TPSA) is 94.1 Å². The van der Waals surface area contributed by atoms with Gasteiger partial charge in [0.15, 0.2) is 0 Å². The minimum atomic E-state index is -4.34. The standard InChI is InChI=1S/C14H28NO7P/c1-12(2)14(16)20-8-7-15(4,5)13(3)11-22-23(17,18)21-10-9-19-6/h13H,1,7-11H2,2-6H3. The van der Waals surface area contributed by atoms with Crippen LogP contribution in [-0.2, 0) is 27.9 Å². The van der Waals surface area contributed by atoms with Crippen molar-refractivity contribution in [2.24, 2.45) is 0 Å². The number of esters is 1. The monoisotopic (exact) mass is 353 g/mol. The Labute approximate surface area is 138 Å². The number of hydrogen-bond donors (Lipinski definition) is 0. The second kappa shape index (κ2) is 10.2. The number of carbonyl (C=O) groups excluding carboxylic acids is 1. The molecule has 0 aromatic rings. The van der Waals surface area contributed by atoms with Gasteiger partial charge in [-0.3, -0.25) is 4.57 Å². The molecule has 0 aromatic heterocycles. The Kier molecular flexibility index (Phi) is 9.84. The molecular weight excluding hydrogens is 325 g/mol. The highest BCUT2D eigenvalue weighted by molar-refractivity contribution is 7.45. The van der Waals surface area contributed by atoms with Crippen molar-refractivity contribution >= 4 is 13.8 Å². The molecule has 0 spiro atoms. The summed E-state index contributed by atoms with van der Waals surface area (Å²) < 4.78 is 31.2. The highest BCUT2D eigenvalue weighted by atomic mass is 31.2. The highest BCUT2D eigenvalue weighted by Crippen LogP contribution is 2.38. The third kappa shape index (κ3) is 9.86. The van der Waals surface area contributed by atoms with Gasteiger partial charge in [0.05, 0.1) is 27.3 Å². The first-order valence-corrected chi connectivity index (χ1v) is 8.72. The molecule has 0 rings (SSSR count). The van der Waals surface area contributed by atoms with E-state index in [0.29, 0.717) is 16.6 Å². The molecule has 2 atom stereocenters. The quantitative estimate of drug-likeness (QED) is 0.168. The Morgan fingerprint density at radius 2 is 1.87 bits per heavy atom. The third-order valence-corrected chi connectivity index (χ3v) is 4.42. The van der Waals surface area contributed by atoms with E-state index in [-0.39, 0.29) is 32.5 Å². The highest BCUT2D eigenvalue weighted by Gasteiger charge is 2.26. The van der Waals surface area contributed by atoms with Crippen molar-refractivity contribution in [2.45, 2.75) is 19.9 Å². The van der Waals surface area contributed by atoms with Gasteiger partial charge < -0.3 is 27.9 Å². The van der Waals surface area contributed by atoms with Crippen LogP contribution in [0.5, 0.6) is 0 Å². The first-order valence-electron chi connectivity index (χ1n) is 7.26. The van der Waals surface area contributed by atoms with Crippen LogP contribution in [0.4, 0.5) is 0 Å². The number of likely N-dealkylation sites (N-methyl/N-ethyl adjacent to an activating group) is 1. The molecular formula is C14H28NO7P. The Morgan fingerprint density at radius 3 is 2.39 bits per heavy atom. The van der Waals surface area contributed by atoms with Crippen LogP contribution in [0, 0.1) is 0 Å². The molecule has 23 heavy (non-hydrogen) atoms. The Morgan fingerprint density at radius 1 is 1.26 bits per heavy atom. The average molecular weight is 353 g/mol. The number of carbonyl (C=O) groups is 1. The molecule has 0 aliphatic rings. The van der Waals surface area contributed by atoms with Gasteiger partial charge in [-0.25, -0.2) is 4.79 Å². The summed E-state index contributed by atoms with van der Waals surface area (Å²) in [6, 6.07) is -0.146. The molecule has 0 bridgehead atoms. The lowest BCUT2D eigenvalue weighted by Crippen LogP contribution is -2.51. The molecule has 0 N–H and O–H groups in total. The van der Waals surface area contributed by atoms with E-state index in [2.05, 4.69) is 11.1 Å². The number of phosphoric ester groups is 1. The fourth-order valence-corrected chi connectivity index (χ4v) is 2.16. The molecule has 0 saturated carbocycles. The summed E-state index contributed by atoms with van der Waals surface area (Å²) in [7, 11) is 0.896. The lowest BCUT2D eigenvalue weighted by molar-refractivity contribution is -0.913. The van der Waals surface area contributed by atoms with E-state index in [9.17, 15) is 14.3 Å². The van der Waals surface area contributed by atoms with Gasteiger partial charge in [-0.05, 0) is 13.8 Å². The van der Waals surface area contributed by atoms with E-state index in [0.717, 1.165) is 0 Å². The minimum Gasteiger partial charge on any atom is -0.756 e. The number of methoxy groups -OCH3 is 1. The molecule has 0 heterocycles. The predicted octanol–water partition coefficient (Wildman–Crippen LogP) is 0.719. The lowest BCUT2D eigenvalue weighted by Gasteiger charge is -2.36. The van der Waals surface area contributed by atoms with Gasteiger partial charge in [0, 0.05) is 12.7 Å². The second-order valence-corrected chi connectivity index (χ2v) is 7.25. The van der Waals surface area contributed by atoms with Crippen LogP contribution in [0.25, 0.3) is 0 Å². The summed E-state index contributed by atoms with van der Waals surface area (Å²) in [5.41, 5.74) is 0.340. The van der Waals surface area contributed by atoms with Gasteiger partial charge in [-0.1, -0.05) is 6.58 Å². The van der Waals surface area contributed by atoms with Crippen LogP contribution in [-0.4, -0.2) is 70.7 Å². The number of rotatable bonds is 12. The van der Waals surface area contributed by atoms with E-state index in [1.54, 1.807) is 6.92 Å². The van der Waals surface area contributed by atoms with Crippen LogP contribution >= 0.6 is 7.82 Å². The summed E-state index contributed by atoms with van der Waals surface area (Å²) in [4.78, 5) is 22.9. The largest absolute Gasteiger partial charge is 0.756 e. The Hall–Kier alpha value is -0.760. The maximum atomic E-state index is 11.6. The van der Waals surface area contributed by atoms with Crippen LogP contribution in [0.2, 0.25) is 0 Å². The molecule has 0 fully saturated rings. The number of ether oxygens (including phenoxy) is 2. The van der Waals surface area contributed by atoms with Crippen LogP contribution < -0.4 is 4.89 Å². The summed E-state index contributed by atoms with van der Waals surface area (Å²) in [6.45, 7) is 7.70. The molecule has 2 unspecified atom stereocenters. The van der Waals surface area contributed by atoms with Crippen LogP contribution in [0.1, 0.15) is 13.8 Å². The van der Waals surface area contributed by atoms with E-state index in [1.165, 1.54) is 7.11 Å². The van der Waals surface area contributed by atoms with E-state index in [1.807, 2.05) is 21.0 Å². The summed E-state index contributed by atoms with van der Waals surface area (Å²) in [6.07, 6.45) is 0. The maximum absolute atomic E-state index is 11.6. The molecule has 136 valence electrons. The molecule has 0 aromatic carbocycles. The number of quaternary nitrogens is 1. The fourth-order valence-electron chi connectivity index (χ4n) is 1.39. The molecule has 0 amide bonds. The van der Waals surface area contributed by atoms with Crippen molar-refractivity contribution in [3.63, 3.8) is 0 Å². The average Bonchev–Trinajstić information content (AvgIpc) is 2.44. The van der Waals surface area contributed by atoms with E-state index in [4.69, 9.17) is 14.0 Å².